The van der Waals surface area contributed by atoms with E-state index in [1.807, 2.05) is 0 Å². The van der Waals surface area contributed by atoms with Gasteiger partial charge in [0.05, 0.1) is 5.75 Å². The Morgan fingerprint density at radius 3 is 2.31 bits per heavy atom. The molecule has 16 heavy (non-hydrogen) atoms. The number of anilines is 1. The molecule has 7 heteroatoms. The molecule has 0 radical (unpaired) electrons. The number of rotatable bonds is 4. The Bertz CT molecular complexity index is 458. The molecule has 0 atom stereocenters. The van der Waals surface area contributed by atoms with Gasteiger partial charge in [0.15, 0.2) is 0 Å². The average molecular weight is 244 g/mol. The van der Waals surface area contributed by atoms with Crippen LogP contribution in [0.15, 0.2) is 30.3 Å². The number of amides is 1. The van der Waals surface area contributed by atoms with Crippen LogP contribution in [-0.2, 0) is 10.0 Å². The van der Waals surface area contributed by atoms with Crippen LogP contribution in [0, 0.1) is 0 Å². The van der Waals surface area contributed by atoms with E-state index in [9.17, 15) is 13.2 Å². The molecular formula is C9H12N2O4S. The quantitative estimate of drug-likeness (QED) is 0.803. The standard InChI is InChI=1S/C9H12N2O4S/c10-16(14,15)7-6-11(9(12)13)8-4-2-1-3-5-8/h1-5H,6-7H2,(H,12,13)(H2,10,14,15). The zero-order chi connectivity index (χ0) is 12.2. The van der Waals surface area contributed by atoms with Crippen molar-refractivity contribution in [1.82, 2.24) is 0 Å². The lowest BCUT2D eigenvalue weighted by atomic mass is 10.3. The minimum Gasteiger partial charge on any atom is -0.465 e. The maximum atomic E-state index is 10.9. The second kappa shape index (κ2) is 4.95. The van der Waals surface area contributed by atoms with Crippen LogP contribution in [0.5, 0.6) is 0 Å². The van der Waals surface area contributed by atoms with Crippen LogP contribution in [0.4, 0.5) is 10.5 Å². The van der Waals surface area contributed by atoms with Gasteiger partial charge in [0.1, 0.15) is 0 Å². The molecule has 0 aliphatic carbocycles. The van der Waals surface area contributed by atoms with E-state index in [1.54, 1.807) is 30.3 Å². The Morgan fingerprint density at radius 2 is 1.88 bits per heavy atom. The van der Waals surface area contributed by atoms with Gasteiger partial charge < -0.3 is 5.11 Å². The molecule has 0 aliphatic heterocycles. The van der Waals surface area contributed by atoms with Gasteiger partial charge in [-0.15, -0.1) is 0 Å². The normalized spacial score (nSPS) is 11.1. The summed E-state index contributed by atoms with van der Waals surface area (Å²) in [6.07, 6.45) is -1.21. The summed E-state index contributed by atoms with van der Waals surface area (Å²) >= 11 is 0. The van der Waals surface area contributed by atoms with Gasteiger partial charge in [-0.25, -0.2) is 18.4 Å². The third-order valence-electron chi connectivity index (χ3n) is 1.90. The van der Waals surface area contributed by atoms with Crippen molar-refractivity contribution in [1.29, 1.82) is 0 Å². The molecule has 0 unspecified atom stereocenters. The summed E-state index contributed by atoms with van der Waals surface area (Å²) in [5.41, 5.74) is 0.415. The summed E-state index contributed by atoms with van der Waals surface area (Å²) in [5.74, 6) is -0.409. The molecule has 1 aromatic carbocycles. The van der Waals surface area contributed by atoms with E-state index in [1.165, 1.54) is 0 Å². The molecule has 88 valence electrons. The smallest absolute Gasteiger partial charge is 0.411 e. The van der Waals surface area contributed by atoms with E-state index >= 15 is 0 Å². The first-order valence-corrected chi connectivity index (χ1v) is 6.17. The van der Waals surface area contributed by atoms with Crippen LogP contribution in [0.3, 0.4) is 0 Å². The number of nitrogens with two attached hydrogens (primary N) is 1. The van der Waals surface area contributed by atoms with Gasteiger partial charge in [0, 0.05) is 12.2 Å². The summed E-state index contributed by atoms with van der Waals surface area (Å²) in [5, 5.41) is 13.7. The fraction of sp³-hybridized carbons (Fsp3) is 0.222. The van der Waals surface area contributed by atoms with Crippen LogP contribution in [0.1, 0.15) is 0 Å². The van der Waals surface area contributed by atoms with Gasteiger partial charge in [-0.2, -0.15) is 0 Å². The zero-order valence-corrected chi connectivity index (χ0v) is 9.22. The van der Waals surface area contributed by atoms with Gasteiger partial charge in [-0.1, -0.05) is 18.2 Å². The van der Waals surface area contributed by atoms with Crippen LogP contribution in [0.2, 0.25) is 0 Å². The van der Waals surface area contributed by atoms with Crippen LogP contribution in [-0.4, -0.2) is 31.9 Å². The van der Waals surface area contributed by atoms with E-state index in [0.29, 0.717) is 5.69 Å². The summed E-state index contributed by atoms with van der Waals surface area (Å²) in [7, 11) is -3.67. The summed E-state index contributed by atoms with van der Waals surface area (Å²) in [4.78, 5) is 11.8. The van der Waals surface area contributed by atoms with Crippen LogP contribution < -0.4 is 10.0 Å². The number of carbonyl (C=O) groups is 1. The molecule has 1 rings (SSSR count). The van der Waals surface area contributed by atoms with Gasteiger partial charge >= 0.3 is 6.09 Å². The summed E-state index contributed by atoms with van der Waals surface area (Å²) in [6.45, 7) is -0.182. The van der Waals surface area contributed by atoms with Gasteiger partial charge in [-0.3, -0.25) is 4.90 Å². The fourth-order valence-corrected chi connectivity index (χ4v) is 1.60. The number of hydrogen-bond acceptors (Lipinski definition) is 3. The second-order valence-corrected chi connectivity index (χ2v) is 4.87. The highest BCUT2D eigenvalue weighted by Crippen LogP contribution is 2.12. The Hall–Kier alpha value is -1.60. The highest BCUT2D eigenvalue weighted by Gasteiger charge is 2.16. The van der Waals surface area contributed by atoms with Crippen molar-refractivity contribution in [3.63, 3.8) is 0 Å². The molecule has 0 saturated heterocycles. The predicted molar refractivity (Wildman–Crippen MR) is 59.8 cm³/mol. The number of sulfonamides is 1. The molecule has 1 amide bonds. The Kier molecular flexibility index (Phi) is 3.86. The maximum absolute atomic E-state index is 10.9. The molecule has 3 N–H and O–H groups in total. The fourth-order valence-electron chi connectivity index (χ4n) is 1.16. The number of carboxylic acid groups (broad SMARTS) is 1. The highest BCUT2D eigenvalue weighted by atomic mass is 32.2. The topological polar surface area (TPSA) is 101 Å². The second-order valence-electron chi connectivity index (χ2n) is 3.14. The van der Waals surface area contributed by atoms with Crippen molar-refractivity contribution in [2.24, 2.45) is 5.14 Å². The average Bonchev–Trinajstić information content (AvgIpc) is 2.17. The van der Waals surface area contributed by atoms with E-state index in [0.717, 1.165) is 4.90 Å². The molecule has 6 nitrogen and oxygen atoms in total. The predicted octanol–water partition coefficient (Wildman–Crippen LogP) is 0.459. The largest absolute Gasteiger partial charge is 0.465 e. The van der Waals surface area contributed by atoms with Crippen LogP contribution >= 0.6 is 0 Å². The SMILES string of the molecule is NS(=O)(=O)CCN(C(=O)O)c1ccccc1. The summed E-state index contributed by atoms with van der Waals surface area (Å²) in [6, 6.07) is 8.24. The lowest BCUT2D eigenvalue weighted by Gasteiger charge is -2.18. The van der Waals surface area contributed by atoms with Gasteiger partial charge in [0.2, 0.25) is 10.0 Å². The zero-order valence-electron chi connectivity index (χ0n) is 8.41. The molecule has 0 heterocycles. The number of para-hydroxylation sites is 1. The molecule has 0 fully saturated rings. The Balaban J connectivity index is 2.81. The molecular weight excluding hydrogens is 232 g/mol. The maximum Gasteiger partial charge on any atom is 0.411 e. The summed E-state index contributed by atoms with van der Waals surface area (Å²) < 4.78 is 21.5. The van der Waals surface area contributed by atoms with Crippen molar-refractivity contribution >= 4 is 21.8 Å². The first-order chi connectivity index (χ1) is 7.40. The van der Waals surface area contributed by atoms with Gasteiger partial charge in [0.25, 0.3) is 0 Å². The number of hydrogen-bond donors (Lipinski definition) is 2. The third-order valence-corrected chi connectivity index (χ3v) is 2.65. The van der Waals surface area contributed by atoms with Crippen molar-refractivity contribution in [2.45, 2.75) is 0 Å². The van der Waals surface area contributed by atoms with E-state index in [4.69, 9.17) is 10.2 Å². The molecule has 0 saturated carbocycles. The minimum atomic E-state index is -3.67. The highest BCUT2D eigenvalue weighted by molar-refractivity contribution is 7.89. The molecule has 0 bridgehead atoms. The molecule has 0 aliphatic rings. The third kappa shape index (κ3) is 3.87. The van der Waals surface area contributed by atoms with E-state index in [-0.39, 0.29) is 6.54 Å². The lowest BCUT2D eigenvalue weighted by Crippen LogP contribution is -2.35. The monoisotopic (exact) mass is 244 g/mol. The van der Waals surface area contributed by atoms with Crippen LogP contribution in [0.25, 0.3) is 0 Å². The Labute approximate surface area is 93.3 Å². The molecule has 0 aromatic heterocycles. The molecule has 0 spiro atoms. The van der Waals surface area contributed by atoms with E-state index in [2.05, 4.69) is 0 Å². The van der Waals surface area contributed by atoms with Crippen molar-refractivity contribution < 1.29 is 18.3 Å². The van der Waals surface area contributed by atoms with E-state index < -0.39 is 21.9 Å². The van der Waals surface area contributed by atoms with Crippen molar-refractivity contribution in [3.05, 3.63) is 30.3 Å². The number of nitrogens with zero attached hydrogens (tertiary/aromatic N) is 1. The molecule has 1 aromatic rings. The van der Waals surface area contributed by atoms with Gasteiger partial charge in [-0.05, 0) is 12.1 Å². The lowest BCUT2D eigenvalue weighted by molar-refractivity contribution is 0.202. The first kappa shape index (κ1) is 12.5. The number of benzene rings is 1. The first-order valence-electron chi connectivity index (χ1n) is 4.46. The number of primary sulfonamides is 1. The van der Waals surface area contributed by atoms with Crippen molar-refractivity contribution in [3.8, 4) is 0 Å². The van der Waals surface area contributed by atoms with Crippen molar-refractivity contribution in [2.75, 3.05) is 17.2 Å². The Morgan fingerprint density at radius 1 is 1.31 bits per heavy atom. The minimum absolute atomic E-state index is 0.182.